The van der Waals surface area contributed by atoms with Gasteiger partial charge in [-0.2, -0.15) is 0 Å². The zero-order valence-corrected chi connectivity index (χ0v) is 17.0. The molecule has 5 rings (SSSR count). The number of carbonyl (C=O) groups excluding carboxylic acids is 1. The van der Waals surface area contributed by atoms with Crippen LogP contribution in [-0.4, -0.2) is 24.2 Å². The molecule has 1 aliphatic rings. The number of amides is 1. The lowest BCUT2D eigenvalue weighted by molar-refractivity contribution is 0.143. The highest BCUT2D eigenvalue weighted by Gasteiger charge is 2.28. The van der Waals surface area contributed by atoms with Gasteiger partial charge in [-0.3, -0.25) is 0 Å². The van der Waals surface area contributed by atoms with Crippen LogP contribution in [0.25, 0.3) is 22.0 Å². The lowest BCUT2D eigenvalue weighted by Crippen LogP contribution is -2.26. The number of alkyl carbamates (subject to hydrolysis) is 1. The first kappa shape index (κ1) is 19.0. The van der Waals surface area contributed by atoms with Gasteiger partial charge in [0.15, 0.2) is 0 Å². The number of nitrogens with one attached hydrogen (secondary N) is 2. The minimum Gasteiger partial charge on any atom is -0.449 e. The van der Waals surface area contributed by atoms with Crippen molar-refractivity contribution in [1.82, 2.24) is 10.3 Å². The van der Waals surface area contributed by atoms with E-state index in [0.29, 0.717) is 19.6 Å². The molecule has 4 nitrogen and oxygen atoms in total. The van der Waals surface area contributed by atoms with Gasteiger partial charge in [0.1, 0.15) is 6.61 Å². The molecular formula is C27H22N2O2. The quantitative estimate of drug-likeness (QED) is 0.350. The number of hydrogen-bond donors (Lipinski definition) is 2. The van der Waals surface area contributed by atoms with E-state index in [2.05, 4.69) is 46.4 Å². The van der Waals surface area contributed by atoms with Gasteiger partial charge in [-0.1, -0.05) is 66.4 Å². The first-order valence-electron chi connectivity index (χ1n) is 10.4. The third kappa shape index (κ3) is 3.78. The number of carbonyl (C=O) groups is 1. The predicted octanol–water partition coefficient (Wildman–Crippen LogP) is 5.45. The van der Waals surface area contributed by atoms with E-state index in [-0.39, 0.29) is 5.92 Å². The van der Waals surface area contributed by atoms with Crippen LogP contribution in [0.2, 0.25) is 0 Å². The van der Waals surface area contributed by atoms with Crippen LogP contribution in [0.15, 0.2) is 79.0 Å². The summed E-state index contributed by atoms with van der Waals surface area (Å²) in [5.41, 5.74) is 6.92. The number of H-pyrrole nitrogens is 1. The molecule has 0 saturated carbocycles. The maximum absolute atomic E-state index is 12.2. The Kier molecular flexibility index (Phi) is 5.16. The average molecular weight is 406 g/mol. The molecule has 3 aromatic carbocycles. The van der Waals surface area contributed by atoms with Crippen molar-refractivity contribution in [3.8, 4) is 23.0 Å². The molecule has 4 heteroatoms. The Morgan fingerprint density at radius 2 is 1.68 bits per heavy atom. The summed E-state index contributed by atoms with van der Waals surface area (Å²) in [5.74, 6) is 6.38. The lowest BCUT2D eigenvalue weighted by atomic mass is 9.98. The van der Waals surface area contributed by atoms with Crippen molar-refractivity contribution in [2.45, 2.75) is 12.3 Å². The van der Waals surface area contributed by atoms with Gasteiger partial charge in [-0.05, 0) is 40.5 Å². The molecule has 31 heavy (non-hydrogen) atoms. The van der Waals surface area contributed by atoms with Gasteiger partial charge >= 0.3 is 6.09 Å². The molecule has 1 heterocycles. The van der Waals surface area contributed by atoms with Crippen LogP contribution in [0, 0.1) is 11.8 Å². The smallest absolute Gasteiger partial charge is 0.407 e. The van der Waals surface area contributed by atoms with Crippen molar-refractivity contribution in [3.63, 3.8) is 0 Å². The highest BCUT2D eigenvalue weighted by molar-refractivity contribution is 5.85. The van der Waals surface area contributed by atoms with Crippen LogP contribution in [0.5, 0.6) is 0 Å². The van der Waals surface area contributed by atoms with Crippen LogP contribution in [-0.2, 0) is 4.74 Å². The van der Waals surface area contributed by atoms with E-state index >= 15 is 0 Å². The third-order valence-corrected chi connectivity index (χ3v) is 5.68. The molecule has 4 aromatic rings. The summed E-state index contributed by atoms with van der Waals surface area (Å²) in [6.07, 6.45) is 2.07. The molecule has 0 spiro atoms. The van der Waals surface area contributed by atoms with E-state index in [0.717, 1.165) is 16.5 Å². The number of aromatic nitrogens is 1. The van der Waals surface area contributed by atoms with Gasteiger partial charge in [0, 0.05) is 41.5 Å². The fraction of sp³-hybridized carbons (Fsp3) is 0.148. The van der Waals surface area contributed by atoms with Gasteiger partial charge in [-0.25, -0.2) is 4.79 Å². The number of aromatic amines is 1. The topological polar surface area (TPSA) is 54.1 Å². The number of benzene rings is 3. The molecule has 0 bridgehead atoms. The zero-order valence-electron chi connectivity index (χ0n) is 17.0. The summed E-state index contributed by atoms with van der Waals surface area (Å²) >= 11 is 0. The zero-order chi connectivity index (χ0) is 21.0. The summed E-state index contributed by atoms with van der Waals surface area (Å²) in [7, 11) is 0. The highest BCUT2D eigenvalue weighted by Crippen LogP contribution is 2.44. The molecule has 0 fully saturated rings. The minimum atomic E-state index is -0.406. The fourth-order valence-corrected chi connectivity index (χ4v) is 4.23. The number of ether oxygens (including phenoxy) is 1. The molecule has 1 aliphatic carbocycles. The second-order valence-corrected chi connectivity index (χ2v) is 7.55. The van der Waals surface area contributed by atoms with Crippen molar-refractivity contribution >= 4 is 17.0 Å². The predicted molar refractivity (Wildman–Crippen MR) is 123 cm³/mol. The average Bonchev–Trinajstić information content (AvgIpc) is 3.41. The monoisotopic (exact) mass is 406 g/mol. The summed E-state index contributed by atoms with van der Waals surface area (Å²) in [5, 5.41) is 3.91. The van der Waals surface area contributed by atoms with Gasteiger partial charge in [0.2, 0.25) is 0 Å². The Balaban J connectivity index is 1.15. The highest BCUT2D eigenvalue weighted by atomic mass is 16.5. The first-order valence-corrected chi connectivity index (χ1v) is 10.4. The van der Waals surface area contributed by atoms with E-state index < -0.39 is 6.09 Å². The lowest BCUT2D eigenvalue weighted by Gasteiger charge is -2.14. The van der Waals surface area contributed by atoms with Crippen LogP contribution < -0.4 is 5.32 Å². The van der Waals surface area contributed by atoms with Crippen LogP contribution in [0.3, 0.4) is 0 Å². The number of fused-ring (bicyclic) bond motifs is 4. The van der Waals surface area contributed by atoms with Crippen molar-refractivity contribution in [3.05, 3.63) is 95.7 Å². The maximum atomic E-state index is 12.2. The molecular weight excluding hydrogens is 384 g/mol. The molecule has 1 amide bonds. The molecule has 1 aromatic heterocycles. The van der Waals surface area contributed by atoms with Gasteiger partial charge in [-0.15, -0.1) is 0 Å². The molecule has 0 atom stereocenters. The van der Waals surface area contributed by atoms with Crippen molar-refractivity contribution in [2.24, 2.45) is 0 Å². The van der Waals surface area contributed by atoms with Crippen molar-refractivity contribution in [2.75, 3.05) is 13.2 Å². The third-order valence-electron chi connectivity index (χ3n) is 5.68. The van der Waals surface area contributed by atoms with Crippen LogP contribution in [0.1, 0.15) is 29.0 Å². The maximum Gasteiger partial charge on any atom is 0.407 e. The molecule has 2 N–H and O–H groups in total. The molecule has 0 radical (unpaired) electrons. The second kappa shape index (κ2) is 8.41. The Labute approximate surface area is 181 Å². The Hall–Kier alpha value is -3.97. The van der Waals surface area contributed by atoms with Crippen molar-refractivity contribution < 1.29 is 9.53 Å². The van der Waals surface area contributed by atoms with Crippen LogP contribution in [0.4, 0.5) is 4.79 Å². The Morgan fingerprint density at radius 1 is 0.935 bits per heavy atom. The van der Waals surface area contributed by atoms with E-state index in [9.17, 15) is 4.79 Å². The van der Waals surface area contributed by atoms with E-state index in [1.54, 1.807) is 0 Å². The number of rotatable bonds is 4. The van der Waals surface area contributed by atoms with Gasteiger partial charge in [0.25, 0.3) is 0 Å². The van der Waals surface area contributed by atoms with E-state index in [1.807, 2.05) is 54.7 Å². The minimum absolute atomic E-state index is 0.0692. The largest absolute Gasteiger partial charge is 0.449 e. The summed E-state index contributed by atoms with van der Waals surface area (Å²) < 4.78 is 5.55. The molecule has 0 unspecified atom stereocenters. The van der Waals surface area contributed by atoms with E-state index in [4.69, 9.17) is 4.74 Å². The molecule has 0 aliphatic heterocycles. The standard InChI is InChI=1S/C27H22N2O2/c30-27(29-16-6-5-8-19-9-7-14-26-20(19)15-17-28-26)31-18-25-23-12-3-1-10-21(23)22-11-2-4-13-24(22)25/h1-4,7,9-15,17,25,28H,6,16,18H2,(H,29,30). The van der Waals surface area contributed by atoms with Gasteiger partial charge in [0.05, 0.1) is 0 Å². The second-order valence-electron chi connectivity index (χ2n) is 7.55. The fourth-order valence-electron chi connectivity index (χ4n) is 4.23. The summed E-state index contributed by atoms with van der Waals surface area (Å²) in [4.78, 5) is 15.4. The first-order chi connectivity index (χ1) is 15.3. The Morgan fingerprint density at radius 3 is 2.45 bits per heavy atom. The molecule has 152 valence electrons. The number of hydrogen-bond acceptors (Lipinski definition) is 2. The van der Waals surface area contributed by atoms with Crippen LogP contribution >= 0.6 is 0 Å². The summed E-state index contributed by atoms with van der Waals surface area (Å²) in [6, 6.07) is 24.7. The van der Waals surface area contributed by atoms with Gasteiger partial charge < -0.3 is 15.0 Å². The Bertz CT molecular complexity index is 1260. The normalized spacial score (nSPS) is 12.0. The van der Waals surface area contributed by atoms with E-state index in [1.165, 1.54) is 22.3 Å². The summed E-state index contributed by atoms with van der Waals surface area (Å²) in [6.45, 7) is 0.772. The molecule has 0 saturated heterocycles. The van der Waals surface area contributed by atoms with Crippen molar-refractivity contribution in [1.29, 1.82) is 0 Å². The SMILES string of the molecule is O=C(NCCC#Cc1cccc2[nH]ccc12)OCC1c2ccccc2-c2ccccc21.